The van der Waals surface area contributed by atoms with E-state index in [2.05, 4.69) is 5.32 Å². The van der Waals surface area contributed by atoms with Gasteiger partial charge in [-0.15, -0.1) is 11.8 Å². The maximum atomic E-state index is 12.7. The molecule has 0 aromatic heterocycles. The summed E-state index contributed by atoms with van der Waals surface area (Å²) in [6, 6.07) is 15.1. The highest BCUT2D eigenvalue weighted by Gasteiger charge is 2.49. The lowest BCUT2D eigenvalue weighted by Gasteiger charge is -2.43. The zero-order valence-corrected chi connectivity index (χ0v) is 17.2. The number of carbonyl (C=O) groups excluding carboxylic acids is 2. The summed E-state index contributed by atoms with van der Waals surface area (Å²) in [5, 5.41) is 3.65. The van der Waals surface area contributed by atoms with Crippen LogP contribution in [0.5, 0.6) is 0 Å². The molecule has 0 radical (unpaired) electrons. The number of benzene rings is 2. The van der Waals surface area contributed by atoms with Crippen LogP contribution in [0.1, 0.15) is 18.4 Å². The highest BCUT2D eigenvalue weighted by Crippen LogP contribution is 2.46. The summed E-state index contributed by atoms with van der Waals surface area (Å²) >= 11 is 7.69. The number of thioether (sulfide) groups is 1. The van der Waals surface area contributed by atoms with Crippen LogP contribution >= 0.6 is 23.4 Å². The molecule has 2 fully saturated rings. The number of hydrogen-bond acceptors (Lipinski definition) is 3. The Labute approximate surface area is 174 Å². The van der Waals surface area contributed by atoms with Crippen molar-refractivity contribution < 1.29 is 9.59 Å². The van der Waals surface area contributed by atoms with E-state index in [9.17, 15) is 9.59 Å². The number of amides is 3. The molecule has 0 bridgehead atoms. The Bertz CT molecular complexity index is 895. The first kappa shape index (κ1) is 19.2. The number of carbonyl (C=O) groups is 2. The minimum absolute atomic E-state index is 0.0866. The van der Waals surface area contributed by atoms with Gasteiger partial charge in [0.15, 0.2) is 0 Å². The van der Waals surface area contributed by atoms with Gasteiger partial charge in [0.1, 0.15) is 0 Å². The molecule has 0 unspecified atom stereocenters. The smallest absolute Gasteiger partial charge is 0.321 e. The first-order valence-electron chi connectivity index (χ1n) is 9.33. The number of nitrogens with zero attached hydrogens (tertiary/aromatic N) is 2. The van der Waals surface area contributed by atoms with Gasteiger partial charge >= 0.3 is 6.03 Å². The van der Waals surface area contributed by atoms with E-state index in [0.29, 0.717) is 23.9 Å². The summed E-state index contributed by atoms with van der Waals surface area (Å²) in [7, 11) is 0. The summed E-state index contributed by atoms with van der Waals surface area (Å²) in [5.41, 5.74) is 2.74. The van der Waals surface area contributed by atoms with E-state index in [1.807, 2.05) is 65.3 Å². The van der Waals surface area contributed by atoms with Crippen LogP contribution in [0.15, 0.2) is 48.5 Å². The number of anilines is 2. The quantitative estimate of drug-likeness (QED) is 0.769. The topological polar surface area (TPSA) is 52.7 Å². The van der Waals surface area contributed by atoms with E-state index in [0.717, 1.165) is 29.8 Å². The van der Waals surface area contributed by atoms with Crippen LogP contribution in [-0.4, -0.2) is 40.6 Å². The van der Waals surface area contributed by atoms with E-state index < -0.39 is 0 Å². The molecular weight excluding hydrogens is 394 g/mol. The SMILES string of the molecule is Cc1ccccc1NC(=O)N1CCC2(CC1)SCC(=O)N2c1ccc(Cl)cc1. The molecule has 0 aliphatic carbocycles. The first-order chi connectivity index (χ1) is 13.5. The zero-order valence-electron chi connectivity index (χ0n) is 15.7. The standard InChI is InChI=1S/C21H22ClN3O2S/c1-15-4-2-3-5-18(15)23-20(27)24-12-10-21(11-13-24)25(19(26)14-28-21)17-8-6-16(22)7-9-17/h2-9H,10-14H2,1H3,(H,23,27). The Morgan fingerprint density at radius 1 is 1.11 bits per heavy atom. The number of likely N-dealkylation sites (tertiary alicyclic amines) is 1. The van der Waals surface area contributed by atoms with Crippen LogP contribution in [0.4, 0.5) is 16.2 Å². The summed E-state index contributed by atoms with van der Waals surface area (Å²) in [6.45, 7) is 3.20. The maximum Gasteiger partial charge on any atom is 0.321 e. The average molecular weight is 416 g/mol. The number of piperidine rings is 1. The molecule has 0 atom stereocenters. The minimum Gasteiger partial charge on any atom is -0.324 e. The molecule has 7 heteroatoms. The fraction of sp³-hybridized carbons (Fsp3) is 0.333. The van der Waals surface area contributed by atoms with Crippen LogP contribution in [0.25, 0.3) is 0 Å². The lowest BCUT2D eigenvalue weighted by Crippen LogP contribution is -2.53. The fourth-order valence-corrected chi connectivity index (χ4v) is 5.31. The van der Waals surface area contributed by atoms with Gasteiger partial charge in [0.2, 0.25) is 5.91 Å². The molecule has 2 aromatic rings. The fourth-order valence-electron chi connectivity index (χ4n) is 3.86. The van der Waals surface area contributed by atoms with E-state index >= 15 is 0 Å². The first-order valence-corrected chi connectivity index (χ1v) is 10.7. The van der Waals surface area contributed by atoms with Gasteiger partial charge in [0.25, 0.3) is 0 Å². The van der Waals surface area contributed by atoms with Crippen LogP contribution in [0.3, 0.4) is 0 Å². The van der Waals surface area contributed by atoms with Gasteiger partial charge in [-0.05, 0) is 55.7 Å². The lowest BCUT2D eigenvalue weighted by molar-refractivity contribution is -0.116. The van der Waals surface area contributed by atoms with Crippen molar-refractivity contribution in [3.63, 3.8) is 0 Å². The molecule has 2 saturated heterocycles. The molecular formula is C21H22ClN3O2S. The Hall–Kier alpha value is -2.18. The average Bonchev–Trinajstić information content (AvgIpc) is 3.01. The van der Waals surface area contributed by atoms with Gasteiger partial charge in [0, 0.05) is 29.5 Å². The van der Waals surface area contributed by atoms with Crippen molar-refractivity contribution in [2.75, 3.05) is 29.1 Å². The molecule has 1 spiro atoms. The molecule has 2 aliphatic heterocycles. The molecule has 28 heavy (non-hydrogen) atoms. The third-order valence-corrected chi connectivity index (χ3v) is 7.20. The zero-order chi connectivity index (χ0) is 19.7. The molecule has 0 saturated carbocycles. The number of halogens is 1. The predicted octanol–water partition coefficient (Wildman–Crippen LogP) is 4.75. The molecule has 2 aromatic carbocycles. The number of aryl methyl sites for hydroxylation is 1. The van der Waals surface area contributed by atoms with Gasteiger partial charge in [-0.25, -0.2) is 4.79 Å². The van der Waals surface area contributed by atoms with Crippen molar-refractivity contribution in [1.82, 2.24) is 4.90 Å². The van der Waals surface area contributed by atoms with Crippen molar-refractivity contribution in [2.24, 2.45) is 0 Å². The Morgan fingerprint density at radius 3 is 2.46 bits per heavy atom. The lowest BCUT2D eigenvalue weighted by atomic mass is 10.0. The van der Waals surface area contributed by atoms with Crippen molar-refractivity contribution in [3.05, 3.63) is 59.1 Å². The summed E-state index contributed by atoms with van der Waals surface area (Å²) < 4.78 is 0. The highest BCUT2D eigenvalue weighted by molar-refractivity contribution is 8.02. The van der Waals surface area contributed by atoms with Gasteiger partial charge in [-0.1, -0.05) is 29.8 Å². The monoisotopic (exact) mass is 415 g/mol. The van der Waals surface area contributed by atoms with Gasteiger partial charge in [-0.3, -0.25) is 9.69 Å². The van der Waals surface area contributed by atoms with E-state index in [1.165, 1.54) is 0 Å². The highest BCUT2D eigenvalue weighted by atomic mass is 35.5. The van der Waals surface area contributed by atoms with Crippen LogP contribution in [0.2, 0.25) is 5.02 Å². The third kappa shape index (κ3) is 3.59. The minimum atomic E-state index is -0.287. The number of para-hydroxylation sites is 1. The number of rotatable bonds is 2. The molecule has 1 N–H and O–H groups in total. The Balaban J connectivity index is 1.46. The number of nitrogens with one attached hydrogen (secondary N) is 1. The molecule has 5 nitrogen and oxygen atoms in total. The Morgan fingerprint density at radius 2 is 1.79 bits per heavy atom. The van der Waals surface area contributed by atoms with Crippen molar-refractivity contribution >= 4 is 46.7 Å². The summed E-state index contributed by atoms with van der Waals surface area (Å²) in [6.07, 6.45) is 1.49. The van der Waals surface area contributed by atoms with Crippen molar-refractivity contribution in [3.8, 4) is 0 Å². The second-order valence-corrected chi connectivity index (χ2v) is 8.95. The van der Waals surface area contributed by atoms with Gasteiger partial charge in [0.05, 0.1) is 10.6 Å². The largest absolute Gasteiger partial charge is 0.324 e. The second kappa shape index (κ2) is 7.68. The van der Waals surface area contributed by atoms with Gasteiger partial charge in [-0.2, -0.15) is 0 Å². The second-order valence-electron chi connectivity index (χ2n) is 7.17. The van der Waals surface area contributed by atoms with Crippen LogP contribution in [-0.2, 0) is 4.79 Å². The molecule has 3 amide bonds. The Kier molecular flexibility index (Phi) is 5.25. The molecule has 2 heterocycles. The van der Waals surface area contributed by atoms with Crippen molar-refractivity contribution in [2.45, 2.75) is 24.6 Å². The maximum absolute atomic E-state index is 12.7. The number of hydrogen-bond donors (Lipinski definition) is 1. The molecule has 146 valence electrons. The van der Waals surface area contributed by atoms with Crippen molar-refractivity contribution in [1.29, 1.82) is 0 Å². The molecule has 4 rings (SSSR count). The van der Waals surface area contributed by atoms with E-state index in [1.54, 1.807) is 11.8 Å². The number of urea groups is 1. The van der Waals surface area contributed by atoms with E-state index in [-0.39, 0.29) is 16.8 Å². The van der Waals surface area contributed by atoms with E-state index in [4.69, 9.17) is 11.6 Å². The summed E-state index contributed by atoms with van der Waals surface area (Å²) in [4.78, 5) is 28.7. The van der Waals surface area contributed by atoms with Gasteiger partial charge < -0.3 is 10.2 Å². The van der Waals surface area contributed by atoms with Crippen LogP contribution in [0, 0.1) is 6.92 Å². The predicted molar refractivity (Wildman–Crippen MR) is 115 cm³/mol. The summed E-state index contributed by atoms with van der Waals surface area (Å²) in [5.74, 6) is 0.586. The third-order valence-electron chi connectivity index (χ3n) is 5.42. The molecule has 2 aliphatic rings. The normalized spacial score (nSPS) is 18.6. The van der Waals surface area contributed by atoms with Crippen LogP contribution < -0.4 is 10.2 Å².